The van der Waals surface area contributed by atoms with Crippen LogP contribution in [0.5, 0.6) is 0 Å². The minimum Gasteiger partial charge on any atom is -0.398 e. The van der Waals surface area contributed by atoms with Gasteiger partial charge in [0.25, 0.3) is 5.91 Å². The summed E-state index contributed by atoms with van der Waals surface area (Å²) in [5, 5.41) is 0.666. The van der Waals surface area contributed by atoms with Crippen molar-refractivity contribution in [3.8, 4) is 0 Å². The maximum absolute atomic E-state index is 12.5. The molecule has 0 spiro atoms. The number of anilines is 1. The lowest BCUT2D eigenvalue weighted by Gasteiger charge is -2.19. The van der Waals surface area contributed by atoms with E-state index in [9.17, 15) is 4.79 Å². The van der Waals surface area contributed by atoms with Crippen molar-refractivity contribution >= 4 is 23.2 Å². The molecule has 2 aromatic rings. The van der Waals surface area contributed by atoms with Crippen LogP contribution in [0, 0.1) is 6.92 Å². The second-order valence-corrected chi connectivity index (χ2v) is 5.27. The maximum Gasteiger partial charge on any atom is 0.256 e. The van der Waals surface area contributed by atoms with Gasteiger partial charge in [-0.15, -0.1) is 0 Å². The quantitative estimate of drug-likeness (QED) is 0.879. The average molecular weight is 289 g/mol. The summed E-state index contributed by atoms with van der Waals surface area (Å²) in [7, 11) is 1.76. The highest BCUT2D eigenvalue weighted by Gasteiger charge is 2.17. The number of carbonyl (C=O) groups excluding carboxylic acids is 1. The third-order valence-electron chi connectivity index (χ3n) is 3.17. The number of benzene rings is 2. The van der Waals surface area contributed by atoms with Gasteiger partial charge in [-0.3, -0.25) is 4.79 Å². The molecule has 20 heavy (non-hydrogen) atoms. The second kappa shape index (κ2) is 5.97. The van der Waals surface area contributed by atoms with Crippen LogP contribution < -0.4 is 5.73 Å². The standard InChI is InChI=1S/C16H17ClN2O/c1-11-5-3-8-14(18)15(11)16(20)19(2)10-12-6-4-7-13(17)9-12/h3-9H,10,18H2,1-2H3. The predicted molar refractivity (Wildman–Crippen MR) is 82.8 cm³/mol. The molecule has 104 valence electrons. The Morgan fingerprint density at radius 3 is 2.60 bits per heavy atom. The van der Waals surface area contributed by atoms with E-state index >= 15 is 0 Å². The number of hydrogen-bond acceptors (Lipinski definition) is 2. The number of carbonyl (C=O) groups is 1. The molecule has 0 unspecified atom stereocenters. The zero-order chi connectivity index (χ0) is 14.7. The number of nitrogens with zero attached hydrogens (tertiary/aromatic N) is 1. The third kappa shape index (κ3) is 3.11. The fourth-order valence-electron chi connectivity index (χ4n) is 2.15. The molecule has 4 heteroatoms. The van der Waals surface area contributed by atoms with Gasteiger partial charge in [0, 0.05) is 24.3 Å². The summed E-state index contributed by atoms with van der Waals surface area (Å²) < 4.78 is 0. The third-order valence-corrected chi connectivity index (χ3v) is 3.41. The van der Waals surface area contributed by atoms with Crippen molar-refractivity contribution in [2.45, 2.75) is 13.5 Å². The smallest absolute Gasteiger partial charge is 0.256 e. The average Bonchev–Trinajstić information content (AvgIpc) is 2.38. The highest BCUT2D eigenvalue weighted by Crippen LogP contribution is 2.19. The zero-order valence-corrected chi connectivity index (χ0v) is 12.3. The predicted octanol–water partition coefficient (Wildman–Crippen LogP) is 3.50. The highest BCUT2D eigenvalue weighted by atomic mass is 35.5. The zero-order valence-electron chi connectivity index (χ0n) is 11.6. The molecule has 2 aromatic carbocycles. The van der Waals surface area contributed by atoms with E-state index in [1.165, 1.54) is 0 Å². The van der Waals surface area contributed by atoms with Gasteiger partial charge in [-0.2, -0.15) is 0 Å². The Labute approximate surface area is 124 Å². The van der Waals surface area contributed by atoms with E-state index in [-0.39, 0.29) is 5.91 Å². The van der Waals surface area contributed by atoms with Gasteiger partial charge in [-0.1, -0.05) is 35.9 Å². The number of aryl methyl sites for hydroxylation is 1. The topological polar surface area (TPSA) is 46.3 Å². The summed E-state index contributed by atoms with van der Waals surface area (Å²) in [5.74, 6) is -0.0828. The van der Waals surface area contributed by atoms with Crippen molar-refractivity contribution in [3.05, 3.63) is 64.2 Å². The van der Waals surface area contributed by atoms with Crippen LogP contribution in [0.4, 0.5) is 5.69 Å². The van der Waals surface area contributed by atoms with Crippen molar-refractivity contribution in [3.63, 3.8) is 0 Å². The van der Waals surface area contributed by atoms with E-state index in [0.717, 1.165) is 11.1 Å². The number of amides is 1. The van der Waals surface area contributed by atoms with Gasteiger partial charge in [0.05, 0.1) is 5.56 Å². The molecular formula is C16H17ClN2O. The van der Waals surface area contributed by atoms with Crippen molar-refractivity contribution in [1.82, 2.24) is 4.90 Å². The van der Waals surface area contributed by atoms with Crippen molar-refractivity contribution in [2.24, 2.45) is 0 Å². The molecule has 0 aliphatic heterocycles. The van der Waals surface area contributed by atoms with E-state index in [0.29, 0.717) is 22.8 Å². The number of hydrogen-bond donors (Lipinski definition) is 1. The summed E-state index contributed by atoms with van der Waals surface area (Å²) in [6, 6.07) is 13.0. The molecule has 0 atom stereocenters. The van der Waals surface area contributed by atoms with Crippen molar-refractivity contribution in [1.29, 1.82) is 0 Å². The van der Waals surface area contributed by atoms with Crippen molar-refractivity contribution in [2.75, 3.05) is 12.8 Å². The second-order valence-electron chi connectivity index (χ2n) is 4.83. The van der Waals surface area contributed by atoms with Crippen LogP contribution in [0.25, 0.3) is 0 Å². The summed E-state index contributed by atoms with van der Waals surface area (Å²) >= 11 is 5.95. The minimum absolute atomic E-state index is 0.0828. The van der Waals surface area contributed by atoms with Crippen LogP contribution in [-0.2, 0) is 6.54 Å². The van der Waals surface area contributed by atoms with Gasteiger partial charge < -0.3 is 10.6 Å². The van der Waals surface area contributed by atoms with Gasteiger partial charge in [-0.25, -0.2) is 0 Å². The lowest BCUT2D eigenvalue weighted by molar-refractivity contribution is 0.0785. The Balaban J connectivity index is 2.21. The Hall–Kier alpha value is -2.00. The maximum atomic E-state index is 12.5. The first-order valence-corrected chi connectivity index (χ1v) is 6.72. The molecule has 3 nitrogen and oxygen atoms in total. The first-order chi connectivity index (χ1) is 9.49. The molecule has 0 aliphatic carbocycles. The largest absolute Gasteiger partial charge is 0.398 e. The Morgan fingerprint density at radius 2 is 1.95 bits per heavy atom. The molecule has 2 N–H and O–H groups in total. The molecule has 0 aliphatic rings. The number of nitrogens with two attached hydrogens (primary N) is 1. The molecule has 0 saturated carbocycles. The Kier molecular flexibility index (Phi) is 4.30. The van der Waals surface area contributed by atoms with Gasteiger partial charge in [0.2, 0.25) is 0 Å². The van der Waals surface area contributed by atoms with E-state index in [4.69, 9.17) is 17.3 Å². The lowest BCUT2D eigenvalue weighted by Crippen LogP contribution is -2.27. The van der Waals surface area contributed by atoms with E-state index in [1.54, 1.807) is 18.0 Å². The van der Waals surface area contributed by atoms with E-state index < -0.39 is 0 Å². The Bertz CT molecular complexity index is 620. The van der Waals surface area contributed by atoms with Gasteiger partial charge >= 0.3 is 0 Å². The molecule has 1 amide bonds. The minimum atomic E-state index is -0.0828. The van der Waals surface area contributed by atoms with Crippen LogP contribution in [0.15, 0.2) is 42.5 Å². The number of rotatable bonds is 3. The lowest BCUT2D eigenvalue weighted by atomic mass is 10.1. The molecule has 0 fully saturated rings. The summed E-state index contributed by atoms with van der Waals surface area (Å²) in [4.78, 5) is 14.1. The summed E-state index contributed by atoms with van der Waals surface area (Å²) in [6.45, 7) is 2.38. The fourth-order valence-corrected chi connectivity index (χ4v) is 2.37. The SMILES string of the molecule is Cc1cccc(N)c1C(=O)N(C)Cc1cccc(Cl)c1. The monoisotopic (exact) mass is 288 g/mol. The fraction of sp³-hybridized carbons (Fsp3) is 0.188. The van der Waals surface area contributed by atoms with Gasteiger partial charge in [0.15, 0.2) is 0 Å². The van der Waals surface area contributed by atoms with E-state index in [2.05, 4.69) is 0 Å². The molecule has 0 bridgehead atoms. The highest BCUT2D eigenvalue weighted by molar-refractivity contribution is 6.30. The molecule has 2 rings (SSSR count). The molecule has 0 aromatic heterocycles. The molecule has 0 radical (unpaired) electrons. The van der Waals surface area contributed by atoms with E-state index in [1.807, 2.05) is 43.3 Å². The van der Waals surface area contributed by atoms with Crippen LogP contribution in [0.2, 0.25) is 5.02 Å². The van der Waals surface area contributed by atoms with Gasteiger partial charge in [0.1, 0.15) is 0 Å². The Morgan fingerprint density at radius 1 is 1.25 bits per heavy atom. The van der Waals surface area contributed by atoms with Crippen molar-refractivity contribution < 1.29 is 4.79 Å². The first kappa shape index (κ1) is 14.4. The van der Waals surface area contributed by atoms with Crippen LogP contribution in [0.1, 0.15) is 21.5 Å². The normalized spacial score (nSPS) is 10.3. The molecule has 0 heterocycles. The summed E-state index contributed by atoms with van der Waals surface area (Å²) in [5.41, 5.74) is 8.85. The molecular weight excluding hydrogens is 272 g/mol. The summed E-state index contributed by atoms with van der Waals surface area (Å²) in [6.07, 6.45) is 0. The molecule has 0 saturated heterocycles. The van der Waals surface area contributed by atoms with Crippen LogP contribution >= 0.6 is 11.6 Å². The first-order valence-electron chi connectivity index (χ1n) is 6.34. The number of halogens is 1. The number of nitrogen functional groups attached to an aromatic ring is 1. The van der Waals surface area contributed by atoms with Crippen LogP contribution in [-0.4, -0.2) is 17.9 Å². The van der Waals surface area contributed by atoms with Gasteiger partial charge in [-0.05, 0) is 36.2 Å². The van der Waals surface area contributed by atoms with Crippen LogP contribution in [0.3, 0.4) is 0 Å².